The average Bonchev–Trinajstić information content (AvgIpc) is 2.63. The van der Waals surface area contributed by atoms with E-state index in [-0.39, 0.29) is 5.56 Å². The van der Waals surface area contributed by atoms with Crippen molar-refractivity contribution in [3.8, 4) is 0 Å². The lowest BCUT2D eigenvalue weighted by Crippen LogP contribution is -2.38. The molecule has 0 aromatic heterocycles. The second-order valence-electron chi connectivity index (χ2n) is 5.12. The Morgan fingerprint density at radius 3 is 2.28 bits per heavy atom. The summed E-state index contributed by atoms with van der Waals surface area (Å²) in [6, 6.07) is 15.5. The highest BCUT2D eigenvalue weighted by Crippen LogP contribution is 2.02. The molecule has 0 saturated heterocycles. The van der Waals surface area contributed by atoms with Crippen molar-refractivity contribution in [3.05, 3.63) is 71.3 Å². The normalized spacial score (nSPS) is 10.4. The fourth-order valence-corrected chi connectivity index (χ4v) is 1.97. The summed E-state index contributed by atoms with van der Waals surface area (Å²) >= 11 is 0. The molecule has 0 heterocycles. The molecule has 0 saturated carbocycles. The number of hydrazone groups is 1. The zero-order valence-corrected chi connectivity index (χ0v) is 13.3. The van der Waals surface area contributed by atoms with E-state index in [1.807, 2.05) is 30.3 Å². The van der Waals surface area contributed by atoms with Gasteiger partial charge in [-0.25, -0.2) is 10.2 Å². The number of nitrogens with zero attached hydrogens (tertiary/aromatic N) is 1. The highest BCUT2D eigenvalue weighted by molar-refractivity contribution is 6.35. The number of carboxylic acid groups (broad SMARTS) is 1. The van der Waals surface area contributed by atoms with Crippen LogP contribution < -0.4 is 10.7 Å². The van der Waals surface area contributed by atoms with Crippen LogP contribution in [0.4, 0.5) is 0 Å². The maximum atomic E-state index is 11.6. The molecule has 2 aromatic rings. The van der Waals surface area contributed by atoms with E-state index in [2.05, 4.69) is 15.8 Å². The third kappa shape index (κ3) is 5.91. The van der Waals surface area contributed by atoms with E-state index in [4.69, 9.17) is 5.11 Å². The summed E-state index contributed by atoms with van der Waals surface area (Å²) in [6.07, 6.45) is 1.94. The minimum atomic E-state index is -1.02. The van der Waals surface area contributed by atoms with Crippen molar-refractivity contribution in [1.29, 1.82) is 0 Å². The SMILES string of the molecule is O=C(NCCc1ccccc1)C(=O)N/N=C\c1ccc(C(=O)O)cc1. The quantitative estimate of drug-likeness (QED) is 0.417. The monoisotopic (exact) mass is 339 g/mol. The van der Waals surface area contributed by atoms with Gasteiger partial charge >= 0.3 is 17.8 Å². The van der Waals surface area contributed by atoms with Crippen LogP contribution in [0.15, 0.2) is 59.7 Å². The van der Waals surface area contributed by atoms with Gasteiger partial charge in [0.1, 0.15) is 0 Å². The molecule has 128 valence electrons. The molecule has 7 heteroatoms. The van der Waals surface area contributed by atoms with Crippen molar-refractivity contribution in [3.63, 3.8) is 0 Å². The lowest BCUT2D eigenvalue weighted by molar-refractivity contribution is -0.139. The van der Waals surface area contributed by atoms with Crippen molar-refractivity contribution in [2.24, 2.45) is 5.10 Å². The zero-order valence-electron chi connectivity index (χ0n) is 13.3. The number of carbonyl (C=O) groups excluding carboxylic acids is 2. The van der Waals surface area contributed by atoms with Gasteiger partial charge in [0.2, 0.25) is 0 Å². The molecule has 0 spiro atoms. The Hall–Kier alpha value is -3.48. The van der Waals surface area contributed by atoms with Crippen LogP contribution in [0.3, 0.4) is 0 Å². The number of benzene rings is 2. The number of hydrogen-bond acceptors (Lipinski definition) is 4. The Bertz CT molecular complexity index is 771. The number of rotatable bonds is 6. The molecule has 3 N–H and O–H groups in total. The lowest BCUT2D eigenvalue weighted by Gasteiger charge is -2.04. The fourth-order valence-electron chi connectivity index (χ4n) is 1.97. The fraction of sp³-hybridized carbons (Fsp3) is 0.111. The number of carbonyl (C=O) groups is 3. The average molecular weight is 339 g/mol. The molecule has 2 rings (SSSR count). The topological polar surface area (TPSA) is 108 Å². The summed E-state index contributed by atoms with van der Waals surface area (Å²) in [5.41, 5.74) is 3.92. The number of hydrogen-bond donors (Lipinski definition) is 3. The van der Waals surface area contributed by atoms with Gasteiger partial charge in [0.15, 0.2) is 0 Å². The van der Waals surface area contributed by atoms with Crippen molar-refractivity contribution >= 4 is 24.0 Å². The summed E-state index contributed by atoms with van der Waals surface area (Å²) in [4.78, 5) is 34.0. The highest BCUT2D eigenvalue weighted by atomic mass is 16.4. The first-order valence-electron chi connectivity index (χ1n) is 7.55. The predicted molar refractivity (Wildman–Crippen MR) is 92.3 cm³/mol. The predicted octanol–water partition coefficient (Wildman–Crippen LogP) is 1.19. The highest BCUT2D eigenvalue weighted by Gasteiger charge is 2.11. The molecule has 2 aromatic carbocycles. The molecular weight excluding hydrogens is 322 g/mol. The van der Waals surface area contributed by atoms with Gasteiger partial charge in [-0.15, -0.1) is 0 Å². The van der Waals surface area contributed by atoms with E-state index in [0.29, 0.717) is 18.5 Å². The third-order valence-corrected chi connectivity index (χ3v) is 3.29. The Morgan fingerprint density at radius 1 is 0.960 bits per heavy atom. The van der Waals surface area contributed by atoms with Crippen LogP contribution in [0.5, 0.6) is 0 Å². The van der Waals surface area contributed by atoms with Gasteiger partial charge in [0, 0.05) is 6.54 Å². The summed E-state index contributed by atoms with van der Waals surface area (Å²) in [6.45, 7) is 0.344. The standard InChI is InChI=1S/C18H17N3O4/c22-16(19-11-10-13-4-2-1-3-5-13)17(23)21-20-12-14-6-8-15(9-7-14)18(24)25/h1-9,12H,10-11H2,(H,19,22)(H,21,23)(H,24,25)/b20-12-. The zero-order chi connectivity index (χ0) is 18.1. The molecule has 0 aliphatic rings. The molecule has 0 atom stereocenters. The van der Waals surface area contributed by atoms with Crippen molar-refractivity contribution in [1.82, 2.24) is 10.7 Å². The lowest BCUT2D eigenvalue weighted by atomic mass is 10.1. The van der Waals surface area contributed by atoms with Crippen molar-refractivity contribution in [2.75, 3.05) is 6.54 Å². The molecule has 0 unspecified atom stereocenters. The van der Waals surface area contributed by atoms with Crippen LogP contribution in [0.1, 0.15) is 21.5 Å². The largest absolute Gasteiger partial charge is 0.478 e. The van der Waals surface area contributed by atoms with E-state index in [1.165, 1.54) is 18.3 Å². The summed E-state index contributed by atoms with van der Waals surface area (Å²) in [5, 5.41) is 15.0. The molecule has 0 fully saturated rings. The number of amides is 2. The van der Waals surface area contributed by atoms with Crippen molar-refractivity contribution in [2.45, 2.75) is 6.42 Å². The van der Waals surface area contributed by atoms with E-state index in [0.717, 1.165) is 5.56 Å². The Labute approximate surface area is 144 Å². The van der Waals surface area contributed by atoms with E-state index < -0.39 is 17.8 Å². The second kappa shape index (κ2) is 8.97. The Kier molecular flexibility index (Phi) is 6.41. The number of nitrogens with one attached hydrogen (secondary N) is 2. The number of aromatic carboxylic acids is 1. The van der Waals surface area contributed by atoms with Crippen LogP contribution >= 0.6 is 0 Å². The van der Waals surface area contributed by atoms with Crippen LogP contribution in [0, 0.1) is 0 Å². The molecule has 0 aliphatic heterocycles. The minimum Gasteiger partial charge on any atom is -0.478 e. The molecule has 0 aliphatic carbocycles. The van der Waals surface area contributed by atoms with Gasteiger partial charge in [0.25, 0.3) is 0 Å². The third-order valence-electron chi connectivity index (χ3n) is 3.29. The summed E-state index contributed by atoms with van der Waals surface area (Å²) in [5.74, 6) is -2.66. The van der Waals surface area contributed by atoms with E-state index in [1.54, 1.807) is 12.1 Å². The minimum absolute atomic E-state index is 0.152. The van der Waals surface area contributed by atoms with Gasteiger partial charge in [-0.3, -0.25) is 9.59 Å². The first-order chi connectivity index (χ1) is 12.1. The van der Waals surface area contributed by atoms with Crippen LogP contribution in [-0.2, 0) is 16.0 Å². The van der Waals surface area contributed by atoms with Gasteiger partial charge in [-0.1, -0.05) is 42.5 Å². The second-order valence-corrected chi connectivity index (χ2v) is 5.12. The smallest absolute Gasteiger partial charge is 0.335 e. The summed E-state index contributed by atoms with van der Waals surface area (Å²) < 4.78 is 0. The molecule has 2 amide bonds. The molecule has 0 bridgehead atoms. The van der Waals surface area contributed by atoms with Crippen molar-refractivity contribution < 1.29 is 19.5 Å². The number of carboxylic acids is 1. The van der Waals surface area contributed by atoms with Crippen LogP contribution in [0.2, 0.25) is 0 Å². The Morgan fingerprint density at radius 2 is 1.64 bits per heavy atom. The van der Waals surface area contributed by atoms with Gasteiger partial charge in [0.05, 0.1) is 11.8 Å². The summed E-state index contributed by atoms with van der Waals surface area (Å²) in [7, 11) is 0. The van der Waals surface area contributed by atoms with E-state index >= 15 is 0 Å². The molecule has 0 radical (unpaired) electrons. The first-order valence-corrected chi connectivity index (χ1v) is 7.55. The van der Waals surface area contributed by atoms with E-state index in [9.17, 15) is 14.4 Å². The van der Waals surface area contributed by atoms with Gasteiger partial charge in [-0.05, 0) is 29.7 Å². The molecular formula is C18H17N3O4. The van der Waals surface area contributed by atoms with Gasteiger partial charge < -0.3 is 10.4 Å². The Balaban J connectivity index is 1.75. The first kappa shape index (κ1) is 17.9. The molecule has 25 heavy (non-hydrogen) atoms. The van der Waals surface area contributed by atoms with Gasteiger partial charge in [-0.2, -0.15) is 5.10 Å². The maximum absolute atomic E-state index is 11.6. The van der Waals surface area contributed by atoms with Crippen LogP contribution in [0.25, 0.3) is 0 Å². The maximum Gasteiger partial charge on any atom is 0.335 e. The molecule has 7 nitrogen and oxygen atoms in total. The van der Waals surface area contributed by atoms with Crippen LogP contribution in [-0.4, -0.2) is 35.6 Å².